The van der Waals surface area contributed by atoms with Gasteiger partial charge in [0.25, 0.3) is 0 Å². The highest BCUT2D eigenvalue weighted by atomic mass is 16.2. The summed E-state index contributed by atoms with van der Waals surface area (Å²) < 4.78 is 0. The highest BCUT2D eigenvalue weighted by molar-refractivity contribution is 5.95. The number of carbonyl (C=O) groups excluding carboxylic acids is 1. The normalized spacial score (nSPS) is 10.2. The van der Waals surface area contributed by atoms with Crippen LogP contribution < -0.4 is 14.7 Å². The van der Waals surface area contributed by atoms with Crippen LogP contribution in [0.5, 0.6) is 0 Å². The van der Waals surface area contributed by atoms with E-state index in [0.717, 1.165) is 17.1 Å². The van der Waals surface area contributed by atoms with Gasteiger partial charge in [-0.1, -0.05) is 24.3 Å². The van der Waals surface area contributed by atoms with Crippen LogP contribution in [-0.4, -0.2) is 40.6 Å². The molecule has 0 spiro atoms. The third kappa shape index (κ3) is 3.79. The first-order valence-corrected chi connectivity index (χ1v) is 7.29. The molecule has 4 heteroatoms. The van der Waals surface area contributed by atoms with Crippen molar-refractivity contribution < 1.29 is 4.79 Å². The molecule has 0 N–H and O–H groups in total. The lowest BCUT2D eigenvalue weighted by Crippen LogP contribution is -2.36. The number of hydrogen-bond acceptors (Lipinski definition) is 3. The predicted octanol–water partition coefficient (Wildman–Crippen LogP) is 2.85. The summed E-state index contributed by atoms with van der Waals surface area (Å²) in [4.78, 5) is 18.1. The molecule has 4 nitrogen and oxygen atoms in total. The highest BCUT2D eigenvalue weighted by Gasteiger charge is 2.14. The zero-order chi connectivity index (χ0) is 16.1. The lowest BCUT2D eigenvalue weighted by atomic mass is 10.2. The summed E-state index contributed by atoms with van der Waals surface area (Å²) in [6.45, 7) is 0.336. The monoisotopic (exact) mass is 297 g/mol. The third-order valence-corrected chi connectivity index (χ3v) is 3.68. The van der Waals surface area contributed by atoms with Gasteiger partial charge in [-0.05, 0) is 30.3 Å². The molecule has 22 heavy (non-hydrogen) atoms. The molecule has 0 fully saturated rings. The lowest BCUT2D eigenvalue weighted by Gasteiger charge is -2.24. The number of rotatable bonds is 5. The molecule has 0 atom stereocenters. The van der Waals surface area contributed by atoms with Crippen LogP contribution in [0.15, 0.2) is 54.6 Å². The van der Waals surface area contributed by atoms with E-state index in [1.165, 1.54) is 0 Å². The van der Waals surface area contributed by atoms with Gasteiger partial charge in [0.1, 0.15) is 0 Å². The highest BCUT2D eigenvalue weighted by Crippen LogP contribution is 2.20. The van der Waals surface area contributed by atoms with Gasteiger partial charge in [0.2, 0.25) is 5.91 Å². The quantitative estimate of drug-likeness (QED) is 0.849. The maximum absolute atomic E-state index is 12.4. The van der Waals surface area contributed by atoms with Crippen LogP contribution in [0.4, 0.5) is 17.1 Å². The fraction of sp³-hybridized carbons (Fsp3) is 0.278. The third-order valence-electron chi connectivity index (χ3n) is 3.68. The average molecular weight is 297 g/mol. The Labute approximate surface area is 132 Å². The minimum atomic E-state index is 0.0592. The van der Waals surface area contributed by atoms with Crippen LogP contribution in [0.25, 0.3) is 0 Å². The Hall–Kier alpha value is -2.49. The van der Waals surface area contributed by atoms with Crippen molar-refractivity contribution in [3.63, 3.8) is 0 Å². The number of hydrogen-bond donors (Lipinski definition) is 0. The molecule has 2 aromatic rings. The minimum absolute atomic E-state index is 0.0592. The molecule has 0 radical (unpaired) electrons. The summed E-state index contributed by atoms with van der Waals surface area (Å²) in [7, 11) is 7.76. The van der Waals surface area contributed by atoms with Crippen molar-refractivity contribution >= 4 is 23.0 Å². The molecule has 2 aromatic carbocycles. The number of anilines is 3. The second-order valence-electron chi connectivity index (χ2n) is 5.56. The molecule has 0 aliphatic heterocycles. The van der Waals surface area contributed by atoms with E-state index < -0.39 is 0 Å². The largest absolute Gasteiger partial charge is 0.378 e. The maximum Gasteiger partial charge on any atom is 0.246 e. The van der Waals surface area contributed by atoms with Crippen LogP contribution in [0.2, 0.25) is 0 Å². The first-order valence-electron chi connectivity index (χ1n) is 7.29. The second-order valence-corrected chi connectivity index (χ2v) is 5.56. The molecule has 0 bridgehead atoms. The summed E-state index contributed by atoms with van der Waals surface area (Å²) in [5, 5.41) is 0. The van der Waals surface area contributed by atoms with Crippen molar-refractivity contribution in [1.29, 1.82) is 0 Å². The Kier molecular flexibility index (Phi) is 5.04. The molecular weight excluding hydrogens is 274 g/mol. The molecule has 0 aromatic heterocycles. The van der Waals surface area contributed by atoms with Gasteiger partial charge in [-0.2, -0.15) is 0 Å². The van der Waals surface area contributed by atoms with Gasteiger partial charge in [0.05, 0.1) is 6.54 Å². The van der Waals surface area contributed by atoms with E-state index in [4.69, 9.17) is 0 Å². The van der Waals surface area contributed by atoms with Gasteiger partial charge in [-0.3, -0.25) is 4.79 Å². The SMILES string of the molecule is CN(C)c1cccc(N(C)CC(=O)N(C)c2ccccc2)c1. The van der Waals surface area contributed by atoms with Crippen molar-refractivity contribution in [1.82, 2.24) is 0 Å². The Morgan fingerprint density at radius 1 is 0.818 bits per heavy atom. The maximum atomic E-state index is 12.4. The van der Waals surface area contributed by atoms with Gasteiger partial charge in [-0.25, -0.2) is 0 Å². The van der Waals surface area contributed by atoms with Gasteiger partial charge >= 0.3 is 0 Å². The summed E-state index contributed by atoms with van der Waals surface area (Å²) >= 11 is 0. The first-order chi connectivity index (χ1) is 10.5. The van der Waals surface area contributed by atoms with Gasteiger partial charge in [-0.15, -0.1) is 0 Å². The molecule has 116 valence electrons. The summed E-state index contributed by atoms with van der Waals surface area (Å²) in [5.74, 6) is 0.0592. The average Bonchev–Trinajstić information content (AvgIpc) is 2.54. The molecule has 0 heterocycles. The topological polar surface area (TPSA) is 26.8 Å². The van der Waals surface area contributed by atoms with E-state index in [0.29, 0.717) is 6.54 Å². The van der Waals surface area contributed by atoms with E-state index in [1.807, 2.05) is 75.6 Å². The van der Waals surface area contributed by atoms with Crippen molar-refractivity contribution in [3.8, 4) is 0 Å². The number of nitrogens with zero attached hydrogens (tertiary/aromatic N) is 3. The van der Waals surface area contributed by atoms with Crippen LogP contribution in [0.1, 0.15) is 0 Å². The van der Waals surface area contributed by atoms with Crippen LogP contribution in [-0.2, 0) is 4.79 Å². The van der Waals surface area contributed by atoms with Crippen LogP contribution >= 0.6 is 0 Å². The Morgan fingerprint density at radius 2 is 1.41 bits per heavy atom. The van der Waals surface area contributed by atoms with E-state index in [-0.39, 0.29) is 5.91 Å². The van der Waals surface area contributed by atoms with Crippen molar-refractivity contribution in [2.75, 3.05) is 49.4 Å². The Bertz CT molecular complexity index is 625. The first kappa shape index (κ1) is 15.9. The Balaban J connectivity index is 2.06. The van der Waals surface area contributed by atoms with E-state index >= 15 is 0 Å². The molecule has 0 aliphatic carbocycles. The predicted molar refractivity (Wildman–Crippen MR) is 93.9 cm³/mol. The van der Waals surface area contributed by atoms with Crippen molar-refractivity contribution in [3.05, 3.63) is 54.6 Å². The number of amides is 1. The minimum Gasteiger partial charge on any atom is -0.378 e. The molecule has 0 unspecified atom stereocenters. The van der Waals surface area contributed by atoms with Gasteiger partial charge in [0, 0.05) is 45.3 Å². The van der Waals surface area contributed by atoms with E-state index in [1.54, 1.807) is 4.90 Å². The lowest BCUT2D eigenvalue weighted by molar-refractivity contribution is -0.117. The summed E-state index contributed by atoms with van der Waals surface area (Å²) in [5.41, 5.74) is 3.05. The summed E-state index contributed by atoms with van der Waals surface area (Å²) in [6, 6.07) is 17.8. The molecule has 0 saturated carbocycles. The fourth-order valence-electron chi connectivity index (χ4n) is 2.20. The molecule has 2 rings (SSSR count). The molecule has 1 amide bonds. The van der Waals surface area contributed by atoms with Crippen LogP contribution in [0, 0.1) is 0 Å². The number of benzene rings is 2. The van der Waals surface area contributed by atoms with E-state index in [9.17, 15) is 4.79 Å². The smallest absolute Gasteiger partial charge is 0.246 e. The standard InChI is InChI=1S/C18H23N3O/c1-19(2)16-11-8-12-17(13-16)20(3)14-18(22)21(4)15-9-6-5-7-10-15/h5-13H,14H2,1-4H3. The van der Waals surface area contributed by atoms with Crippen molar-refractivity contribution in [2.45, 2.75) is 0 Å². The fourth-order valence-corrected chi connectivity index (χ4v) is 2.20. The Morgan fingerprint density at radius 3 is 2.05 bits per heavy atom. The summed E-state index contributed by atoms with van der Waals surface area (Å²) in [6.07, 6.45) is 0. The van der Waals surface area contributed by atoms with E-state index in [2.05, 4.69) is 17.0 Å². The van der Waals surface area contributed by atoms with Gasteiger partial charge < -0.3 is 14.7 Å². The van der Waals surface area contributed by atoms with Crippen molar-refractivity contribution in [2.24, 2.45) is 0 Å². The molecule has 0 saturated heterocycles. The molecule has 0 aliphatic rings. The van der Waals surface area contributed by atoms with Crippen LogP contribution in [0.3, 0.4) is 0 Å². The number of carbonyl (C=O) groups is 1. The second kappa shape index (κ2) is 6.98. The molecular formula is C18H23N3O. The van der Waals surface area contributed by atoms with Gasteiger partial charge in [0.15, 0.2) is 0 Å². The zero-order valence-electron chi connectivity index (χ0n) is 13.7. The number of likely N-dealkylation sites (N-methyl/N-ethyl adjacent to an activating group) is 2. The zero-order valence-corrected chi connectivity index (χ0v) is 13.7. The number of para-hydroxylation sites is 1.